The van der Waals surface area contributed by atoms with Gasteiger partial charge in [0.1, 0.15) is 5.69 Å². The smallest absolute Gasteiger partial charge is 0.254 e. The van der Waals surface area contributed by atoms with Gasteiger partial charge in [0.15, 0.2) is 25.5 Å². The fourth-order valence-electron chi connectivity index (χ4n) is 6.67. The number of hydrogen-bond donors (Lipinski definition) is 0. The number of allylic oxidation sites excluding steroid dienone is 2. The lowest BCUT2D eigenvalue weighted by molar-refractivity contribution is -0.138. The van der Waals surface area contributed by atoms with Crippen molar-refractivity contribution in [3.63, 3.8) is 0 Å². The Hall–Kier alpha value is -4.68. The van der Waals surface area contributed by atoms with Gasteiger partial charge in [0.05, 0.1) is 65.6 Å². The lowest BCUT2D eigenvalue weighted by atomic mass is 10.1. The number of pyridine rings is 4. The first-order chi connectivity index (χ1) is 28.0. The topological polar surface area (TPSA) is 120 Å². The van der Waals surface area contributed by atoms with Crippen LogP contribution in [0.25, 0.3) is 43.8 Å². The monoisotopic (exact) mass is 928 g/mol. The van der Waals surface area contributed by atoms with Crippen molar-refractivity contribution in [2.75, 3.05) is 11.5 Å². The molecule has 0 amide bonds. The summed E-state index contributed by atoms with van der Waals surface area (Å²) < 4.78 is 144. The van der Waals surface area contributed by atoms with Gasteiger partial charge in [-0.05, 0) is 71.8 Å². The van der Waals surface area contributed by atoms with Crippen LogP contribution in [0.3, 0.4) is 0 Å². The quantitative estimate of drug-likeness (QED) is 0.151. The molecule has 8 rings (SSSR count). The molecule has 4 heterocycles. The summed E-state index contributed by atoms with van der Waals surface area (Å²) in [6, 6.07) is 14.1. The molecule has 8 nitrogen and oxygen atoms in total. The maximum atomic E-state index is 15.1. The van der Waals surface area contributed by atoms with Gasteiger partial charge in [0.25, 0.3) is 0 Å². The molecule has 312 valence electrons. The number of hydrogen-bond acceptors (Lipinski definition) is 8. The van der Waals surface area contributed by atoms with E-state index in [4.69, 9.17) is 34.8 Å². The molecule has 0 fully saturated rings. The minimum absolute atomic E-state index is 0.0105. The van der Waals surface area contributed by atoms with Gasteiger partial charge >= 0.3 is 12.4 Å². The van der Waals surface area contributed by atoms with Crippen molar-refractivity contribution in [3.8, 4) is 0 Å². The Labute approximate surface area is 352 Å². The first-order valence-corrected chi connectivity index (χ1v) is 22.0. The average Bonchev–Trinajstić information content (AvgIpc) is 3.71. The van der Waals surface area contributed by atoms with E-state index in [2.05, 4.69) is 19.9 Å². The second-order valence-corrected chi connectivity index (χ2v) is 19.3. The Morgan fingerprint density at radius 1 is 0.583 bits per heavy atom. The van der Waals surface area contributed by atoms with Crippen molar-refractivity contribution >= 4 is 98.3 Å². The van der Waals surface area contributed by atoms with Crippen LogP contribution in [-0.4, -0.2) is 48.3 Å². The number of sulfone groups is 2. The molecule has 0 aliphatic heterocycles. The maximum Gasteiger partial charge on any atom is 0.417 e. The summed E-state index contributed by atoms with van der Waals surface area (Å²) in [5, 5.41) is 1.87. The van der Waals surface area contributed by atoms with Crippen LogP contribution in [0.5, 0.6) is 0 Å². The molecule has 0 saturated carbocycles. The van der Waals surface area contributed by atoms with Crippen molar-refractivity contribution in [2.24, 2.45) is 0 Å². The van der Waals surface area contributed by atoms with Gasteiger partial charge < -0.3 is 0 Å². The van der Waals surface area contributed by atoms with E-state index in [1.807, 2.05) is 0 Å². The normalized spacial score (nSPS) is 14.5. The van der Waals surface area contributed by atoms with E-state index in [1.165, 1.54) is 32.0 Å². The molecule has 4 aromatic heterocycles. The molecule has 20 heteroatoms. The van der Waals surface area contributed by atoms with Crippen molar-refractivity contribution in [2.45, 2.75) is 48.8 Å². The third-order valence-corrected chi connectivity index (χ3v) is 14.1. The van der Waals surface area contributed by atoms with Crippen molar-refractivity contribution in [3.05, 3.63) is 128 Å². The highest BCUT2D eigenvalue weighted by atomic mass is 35.5. The van der Waals surface area contributed by atoms with Crippen LogP contribution in [0.1, 0.15) is 58.9 Å². The third-order valence-electron chi connectivity index (χ3n) is 9.75. The third kappa shape index (κ3) is 8.21. The van der Waals surface area contributed by atoms with Crippen molar-refractivity contribution < 1.29 is 47.6 Å². The standard InChI is InChI=1S/C20H13Cl2F3N2O2S.C20H13ClF4N2O2S/c2*1-2-30(28,29)16-8-10-6-13(21)3-4-15(10)27-19(16)14-7-11-5-12(20(23,24)25)9-26-18(11)17(14)22/h2*3-6,8-9H,2,7H2,1H3. The minimum atomic E-state index is -4.63. The Morgan fingerprint density at radius 3 is 1.45 bits per heavy atom. The summed E-state index contributed by atoms with van der Waals surface area (Å²) in [4.78, 5) is 16.1. The minimum Gasteiger partial charge on any atom is -0.254 e. The number of alkyl halides is 6. The summed E-state index contributed by atoms with van der Waals surface area (Å²) in [5.74, 6) is -1.32. The molecule has 2 aromatic carbocycles. The van der Waals surface area contributed by atoms with E-state index in [9.17, 15) is 43.2 Å². The Balaban J connectivity index is 0.000000181. The summed E-state index contributed by atoms with van der Waals surface area (Å²) in [7, 11) is -7.53. The molecule has 0 spiro atoms. The van der Waals surface area contributed by atoms with Crippen LogP contribution >= 0.6 is 34.8 Å². The summed E-state index contributed by atoms with van der Waals surface area (Å²) in [6.07, 6.45) is -8.17. The zero-order chi connectivity index (χ0) is 43.7. The molecule has 6 aromatic rings. The maximum absolute atomic E-state index is 15.1. The average molecular weight is 930 g/mol. The molecule has 0 atom stereocenters. The predicted molar refractivity (Wildman–Crippen MR) is 215 cm³/mol. The zero-order valence-electron chi connectivity index (χ0n) is 30.8. The van der Waals surface area contributed by atoms with Crippen LogP contribution in [0, 0.1) is 0 Å². The van der Waals surface area contributed by atoms with Gasteiger partial charge in [0.2, 0.25) is 0 Å². The first kappa shape index (κ1) is 43.4. The summed E-state index contributed by atoms with van der Waals surface area (Å²) in [6.45, 7) is 2.93. The molecular weight excluding hydrogens is 904 g/mol. The van der Waals surface area contributed by atoms with Crippen LogP contribution in [0.4, 0.5) is 30.7 Å². The Kier molecular flexibility index (Phi) is 11.3. The van der Waals surface area contributed by atoms with Gasteiger partial charge in [-0.2, -0.15) is 26.3 Å². The molecule has 0 unspecified atom stereocenters. The molecule has 0 bridgehead atoms. The lowest BCUT2D eigenvalue weighted by Crippen LogP contribution is -2.09. The number of fused-ring (bicyclic) bond motifs is 4. The van der Waals surface area contributed by atoms with Crippen LogP contribution in [-0.2, 0) is 44.9 Å². The van der Waals surface area contributed by atoms with E-state index >= 15 is 4.39 Å². The van der Waals surface area contributed by atoms with Crippen LogP contribution in [0.15, 0.2) is 82.8 Å². The highest BCUT2D eigenvalue weighted by Gasteiger charge is 2.37. The summed E-state index contributed by atoms with van der Waals surface area (Å²) >= 11 is 18.4. The molecule has 2 aliphatic carbocycles. The van der Waals surface area contributed by atoms with Gasteiger partial charge in [-0.25, -0.2) is 31.2 Å². The molecule has 2 aliphatic rings. The SMILES string of the molecule is CCS(=O)(=O)c1cc2cc(Cl)ccc2nc1C1=C(Cl)c2ncc(C(F)(F)F)cc2C1.CCS(=O)(=O)c1cc2cc(Cl)ccc2nc1C1=C(F)c2ncc(C(F)(F)F)cc2C1. The first-order valence-electron chi connectivity index (χ1n) is 17.6. The number of halogens is 10. The lowest BCUT2D eigenvalue weighted by Gasteiger charge is -2.12. The summed E-state index contributed by atoms with van der Waals surface area (Å²) in [5.41, 5.74) is -0.591. The second kappa shape index (κ2) is 15.7. The highest BCUT2D eigenvalue weighted by Crippen LogP contribution is 2.45. The van der Waals surface area contributed by atoms with Crippen molar-refractivity contribution in [1.82, 2.24) is 19.9 Å². The van der Waals surface area contributed by atoms with Gasteiger partial charge in [-0.1, -0.05) is 48.7 Å². The number of aromatic nitrogens is 4. The van der Waals surface area contributed by atoms with E-state index in [-0.39, 0.29) is 78.6 Å². The molecule has 0 saturated heterocycles. The number of nitrogens with zero attached hydrogens (tertiary/aromatic N) is 4. The number of rotatable bonds is 6. The van der Waals surface area contributed by atoms with Gasteiger partial charge in [-0.15, -0.1) is 0 Å². The second-order valence-electron chi connectivity index (χ2n) is 13.5. The Morgan fingerprint density at radius 2 is 1.00 bits per heavy atom. The molecule has 0 radical (unpaired) electrons. The molecular formula is C40H26Cl3F7N4O4S2. The molecule has 60 heavy (non-hydrogen) atoms. The highest BCUT2D eigenvalue weighted by molar-refractivity contribution is 7.91. The van der Waals surface area contributed by atoms with Crippen LogP contribution in [0.2, 0.25) is 10.0 Å². The van der Waals surface area contributed by atoms with Gasteiger partial charge in [0, 0.05) is 57.2 Å². The van der Waals surface area contributed by atoms with E-state index < -0.39 is 49.0 Å². The van der Waals surface area contributed by atoms with E-state index in [1.54, 1.807) is 30.3 Å². The fourth-order valence-corrected chi connectivity index (χ4v) is 9.52. The predicted octanol–water partition coefficient (Wildman–Crippen LogP) is 11.2. The van der Waals surface area contributed by atoms with E-state index in [0.29, 0.717) is 49.8 Å². The van der Waals surface area contributed by atoms with Gasteiger partial charge in [-0.3, -0.25) is 9.97 Å². The Bertz CT molecular complexity index is 2880. The largest absolute Gasteiger partial charge is 0.417 e. The fraction of sp³-hybridized carbons (Fsp3) is 0.200. The van der Waals surface area contributed by atoms with Crippen LogP contribution < -0.4 is 0 Å². The molecule has 0 N–H and O–H groups in total. The van der Waals surface area contributed by atoms with Crippen molar-refractivity contribution in [1.29, 1.82) is 0 Å². The van der Waals surface area contributed by atoms with E-state index in [0.717, 1.165) is 12.1 Å². The number of benzene rings is 2. The zero-order valence-corrected chi connectivity index (χ0v) is 34.7.